The summed E-state index contributed by atoms with van der Waals surface area (Å²) in [5.74, 6) is 0. The van der Waals surface area contributed by atoms with E-state index in [1.54, 1.807) is 4.90 Å². The number of halogens is 1. The van der Waals surface area contributed by atoms with Gasteiger partial charge in [-0.1, -0.05) is 15.9 Å². The minimum Gasteiger partial charge on any atom is -0.444 e. The molecule has 4 nitrogen and oxygen atoms in total. The van der Waals surface area contributed by atoms with Gasteiger partial charge < -0.3 is 10.5 Å². The van der Waals surface area contributed by atoms with Gasteiger partial charge in [0.2, 0.25) is 0 Å². The van der Waals surface area contributed by atoms with Crippen LogP contribution in [0.3, 0.4) is 0 Å². The molecule has 1 aliphatic heterocycles. The molecule has 92 valence electrons. The van der Waals surface area contributed by atoms with Gasteiger partial charge in [-0.25, -0.2) is 4.79 Å². The van der Waals surface area contributed by atoms with Crippen LogP contribution in [0.2, 0.25) is 0 Å². The quantitative estimate of drug-likeness (QED) is 0.912. The van der Waals surface area contributed by atoms with Crippen LogP contribution in [0.5, 0.6) is 0 Å². The van der Waals surface area contributed by atoms with E-state index in [2.05, 4.69) is 15.9 Å². The standard InChI is InChI=1S/C12H15BrN2O2/c1-8-6-9(13)2-3-11(8)15-5-4-10(7-14)17-12(15)16/h2-3,6,10H,4-5,7,14H2,1H3. The third kappa shape index (κ3) is 2.61. The molecule has 5 heteroatoms. The summed E-state index contributed by atoms with van der Waals surface area (Å²) in [5.41, 5.74) is 7.44. The number of cyclic esters (lactones) is 1. The molecule has 0 bridgehead atoms. The van der Waals surface area contributed by atoms with Gasteiger partial charge in [0, 0.05) is 24.0 Å². The second-order valence-corrected chi connectivity index (χ2v) is 5.03. The predicted octanol–water partition coefficient (Wildman–Crippen LogP) is 2.43. The van der Waals surface area contributed by atoms with E-state index < -0.39 is 0 Å². The molecule has 1 amide bonds. The molecule has 1 fully saturated rings. The number of amides is 1. The van der Waals surface area contributed by atoms with Gasteiger partial charge >= 0.3 is 6.09 Å². The van der Waals surface area contributed by atoms with Crippen LogP contribution in [-0.2, 0) is 4.74 Å². The first-order valence-electron chi connectivity index (χ1n) is 5.56. The summed E-state index contributed by atoms with van der Waals surface area (Å²) >= 11 is 3.40. The molecular weight excluding hydrogens is 284 g/mol. The molecule has 1 saturated heterocycles. The summed E-state index contributed by atoms with van der Waals surface area (Å²) in [5, 5.41) is 0. The van der Waals surface area contributed by atoms with E-state index in [-0.39, 0.29) is 12.2 Å². The monoisotopic (exact) mass is 298 g/mol. The van der Waals surface area contributed by atoms with Gasteiger partial charge in [-0.3, -0.25) is 4.90 Å². The SMILES string of the molecule is Cc1cc(Br)ccc1N1CCC(CN)OC1=O. The smallest absolute Gasteiger partial charge is 0.414 e. The molecule has 0 radical (unpaired) electrons. The Morgan fingerprint density at radius 1 is 1.59 bits per heavy atom. The Bertz CT molecular complexity index is 437. The van der Waals surface area contributed by atoms with E-state index >= 15 is 0 Å². The topological polar surface area (TPSA) is 55.6 Å². The maximum absolute atomic E-state index is 11.8. The molecule has 1 aromatic carbocycles. The zero-order chi connectivity index (χ0) is 12.4. The van der Waals surface area contributed by atoms with Crippen molar-refractivity contribution in [3.63, 3.8) is 0 Å². The van der Waals surface area contributed by atoms with E-state index in [9.17, 15) is 4.79 Å². The first kappa shape index (κ1) is 12.4. The lowest BCUT2D eigenvalue weighted by atomic mass is 10.1. The summed E-state index contributed by atoms with van der Waals surface area (Å²) in [7, 11) is 0. The highest BCUT2D eigenvalue weighted by molar-refractivity contribution is 9.10. The lowest BCUT2D eigenvalue weighted by Gasteiger charge is -2.32. The molecule has 2 rings (SSSR count). The number of nitrogens with two attached hydrogens (primary N) is 1. The maximum atomic E-state index is 11.8. The van der Waals surface area contributed by atoms with Gasteiger partial charge in [-0.05, 0) is 30.7 Å². The predicted molar refractivity (Wildman–Crippen MR) is 70.2 cm³/mol. The molecule has 0 saturated carbocycles. The number of ether oxygens (including phenoxy) is 1. The number of hydrogen-bond acceptors (Lipinski definition) is 3. The van der Waals surface area contributed by atoms with E-state index in [1.807, 2.05) is 25.1 Å². The van der Waals surface area contributed by atoms with Crippen molar-refractivity contribution in [3.8, 4) is 0 Å². The number of aryl methyl sites for hydroxylation is 1. The molecule has 2 N–H and O–H groups in total. The number of hydrogen-bond donors (Lipinski definition) is 1. The lowest BCUT2D eigenvalue weighted by Crippen LogP contribution is -2.44. The van der Waals surface area contributed by atoms with Gasteiger partial charge in [0.25, 0.3) is 0 Å². The summed E-state index contributed by atoms with van der Waals surface area (Å²) in [6.45, 7) is 3.02. The number of carbonyl (C=O) groups excluding carboxylic acids is 1. The molecule has 1 aliphatic rings. The Hall–Kier alpha value is -1.07. The largest absolute Gasteiger partial charge is 0.444 e. The van der Waals surface area contributed by atoms with Gasteiger partial charge in [0.1, 0.15) is 6.10 Å². The first-order chi connectivity index (χ1) is 8.11. The minimum atomic E-state index is -0.308. The molecule has 1 heterocycles. The number of benzene rings is 1. The molecule has 1 unspecified atom stereocenters. The second-order valence-electron chi connectivity index (χ2n) is 4.11. The number of carbonyl (C=O) groups is 1. The Kier molecular flexibility index (Phi) is 3.69. The summed E-state index contributed by atoms with van der Waals surface area (Å²) < 4.78 is 6.24. The Labute approximate surface area is 109 Å². The Morgan fingerprint density at radius 2 is 2.35 bits per heavy atom. The molecule has 0 spiro atoms. The molecule has 1 atom stereocenters. The van der Waals surface area contributed by atoms with Crippen LogP contribution in [0.15, 0.2) is 22.7 Å². The van der Waals surface area contributed by atoms with Crippen molar-refractivity contribution < 1.29 is 9.53 Å². The van der Waals surface area contributed by atoms with Crippen LogP contribution in [-0.4, -0.2) is 25.3 Å². The van der Waals surface area contributed by atoms with Crippen molar-refractivity contribution >= 4 is 27.7 Å². The normalized spacial score (nSPS) is 20.3. The maximum Gasteiger partial charge on any atom is 0.414 e. The van der Waals surface area contributed by atoms with E-state index in [1.165, 1.54) is 0 Å². The van der Waals surface area contributed by atoms with Crippen molar-refractivity contribution in [1.29, 1.82) is 0 Å². The molecule has 0 aromatic heterocycles. The van der Waals surface area contributed by atoms with Crippen LogP contribution in [0.1, 0.15) is 12.0 Å². The summed E-state index contributed by atoms with van der Waals surface area (Å²) in [4.78, 5) is 13.5. The third-order valence-corrected chi connectivity index (χ3v) is 3.37. The molecule has 1 aromatic rings. The average Bonchev–Trinajstić information content (AvgIpc) is 2.30. The summed E-state index contributed by atoms with van der Waals surface area (Å²) in [6.07, 6.45) is 0.323. The fourth-order valence-electron chi connectivity index (χ4n) is 1.94. The number of rotatable bonds is 2. The zero-order valence-corrected chi connectivity index (χ0v) is 11.2. The highest BCUT2D eigenvalue weighted by Crippen LogP contribution is 2.27. The van der Waals surface area contributed by atoms with Crippen LogP contribution < -0.4 is 10.6 Å². The van der Waals surface area contributed by atoms with E-state index in [4.69, 9.17) is 10.5 Å². The molecular formula is C12H15BrN2O2. The van der Waals surface area contributed by atoms with Gasteiger partial charge in [-0.15, -0.1) is 0 Å². The lowest BCUT2D eigenvalue weighted by molar-refractivity contribution is 0.0887. The molecule has 17 heavy (non-hydrogen) atoms. The average molecular weight is 299 g/mol. The van der Waals surface area contributed by atoms with Crippen molar-refractivity contribution in [3.05, 3.63) is 28.2 Å². The van der Waals surface area contributed by atoms with Crippen LogP contribution >= 0.6 is 15.9 Å². The Balaban J connectivity index is 2.20. The number of nitrogens with zero attached hydrogens (tertiary/aromatic N) is 1. The van der Waals surface area contributed by atoms with Crippen LogP contribution in [0, 0.1) is 6.92 Å². The fourth-order valence-corrected chi connectivity index (χ4v) is 2.41. The minimum absolute atomic E-state index is 0.144. The second kappa shape index (κ2) is 5.06. The van der Waals surface area contributed by atoms with E-state index in [0.29, 0.717) is 13.1 Å². The van der Waals surface area contributed by atoms with Gasteiger partial charge in [0.15, 0.2) is 0 Å². The van der Waals surface area contributed by atoms with Gasteiger partial charge in [-0.2, -0.15) is 0 Å². The zero-order valence-electron chi connectivity index (χ0n) is 9.65. The highest BCUT2D eigenvalue weighted by Gasteiger charge is 2.27. The van der Waals surface area contributed by atoms with Crippen molar-refractivity contribution in [2.45, 2.75) is 19.4 Å². The van der Waals surface area contributed by atoms with Crippen molar-refractivity contribution in [1.82, 2.24) is 0 Å². The van der Waals surface area contributed by atoms with Crippen molar-refractivity contribution in [2.75, 3.05) is 18.0 Å². The van der Waals surface area contributed by atoms with Crippen molar-refractivity contribution in [2.24, 2.45) is 5.73 Å². The highest BCUT2D eigenvalue weighted by atomic mass is 79.9. The van der Waals surface area contributed by atoms with Crippen LogP contribution in [0.25, 0.3) is 0 Å². The number of anilines is 1. The van der Waals surface area contributed by atoms with Crippen LogP contribution in [0.4, 0.5) is 10.5 Å². The van der Waals surface area contributed by atoms with E-state index in [0.717, 1.165) is 22.1 Å². The third-order valence-electron chi connectivity index (χ3n) is 2.88. The Morgan fingerprint density at radius 3 is 2.94 bits per heavy atom. The van der Waals surface area contributed by atoms with Gasteiger partial charge in [0.05, 0.1) is 5.69 Å². The first-order valence-corrected chi connectivity index (χ1v) is 6.35. The fraction of sp³-hybridized carbons (Fsp3) is 0.417. The summed E-state index contributed by atoms with van der Waals surface area (Å²) in [6, 6.07) is 5.83. The molecule has 0 aliphatic carbocycles.